The van der Waals surface area contributed by atoms with Crippen molar-refractivity contribution in [1.29, 1.82) is 0 Å². The SMILES string of the molecule is COc1cccc([C@H](CCC(C)C)N2CCNCC2)c1O.Cl.Cl. The van der Waals surface area contributed by atoms with Crippen LogP contribution in [0, 0.1) is 5.92 Å². The molecule has 1 atom stereocenters. The number of phenols is 1. The average Bonchev–Trinajstić information content (AvgIpc) is 2.50. The Balaban J connectivity index is 0.00000242. The van der Waals surface area contributed by atoms with E-state index in [0.717, 1.165) is 44.6 Å². The van der Waals surface area contributed by atoms with Crippen LogP contribution in [0.3, 0.4) is 0 Å². The predicted octanol–water partition coefficient (Wildman–Crippen LogP) is 3.63. The molecule has 2 rings (SSSR count). The molecule has 0 unspecified atom stereocenters. The zero-order valence-electron chi connectivity index (χ0n) is 14.2. The lowest BCUT2D eigenvalue weighted by Crippen LogP contribution is -2.45. The molecule has 134 valence electrons. The lowest BCUT2D eigenvalue weighted by Gasteiger charge is -2.36. The summed E-state index contributed by atoms with van der Waals surface area (Å²) in [6.45, 7) is 8.59. The van der Waals surface area contributed by atoms with Gasteiger partial charge in [-0.2, -0.15) is 0 Å². The minimum absolute atomic E-state index is 0. The largest absolute Gasteiger partial charge is 0.504 e. The molecule has 6 heteroatoms. The monoisotopic (exact) mass is 364 g/mol. The molecule has 0 radical (unpaired) electrons. The number of para-hydroxylation sites is 1. The van der Waals surface area contributed by atoms with Gasteiger partial charge in [0.15, 0.2) is 11.5 Å². The van der Waals surface area contributed by atoms with Crippen molar-refractivity contribution in [1.82, 2.24) is 10.2 Å². The lowest BCUT2D eigenvalue weighted by atomic mass is 9.95. The van der Waals surface area contributed by atoms with Gasteiger partial charge < -0.3 is 15.2 Å². The minimum Gasteiger partial charge on any atom is -0.504 e. The Bertz CT molecular complexity index is 452. The van der Waals surface area contributed by atoms with Crippen molar-refractivity contribution in [2.24, 2.45) is 5.92 Å². The van der Waals surface area contributed by atoms with Gasteiger partial charge in [0.25, 0.3) is 0 Å². The van der Waals surface area contributed by atoms with Crippen LogP contribution in [0.1, 0.15) is 38.3 Å². The molecule has 0 saturated carbocycles. The number of nitrogens with one attached hydrogen (secondary N) is 1. The van der Waals surface area contributed by atoms with Gasteiger partial charge >= 0.3 is 0 Å². The van der Waals surface area contributed by atoms with E-state index in [1.54, 1.807) is 7.11 Å². The number of rotatable bonds is 6. The van der Waals surface area contributed by atoms with Crippen LogP contribution in [0.5, 0.6) is 11.5 Å². The molecule has 1 fully saturated rings. The fourth-order valence-corrected chi connectivity index (χ4v) is 2.99. The molecule has 1 aromatic rings. The maximum absolute atomic E-state index is 10.5. The molecule has 0 spiro atoms. The number of methoxy groups -OCH3 is 1. The summed E-state index contributed by atoms with van der Waals surface area (Å²) < 4.78 is 5.27. The summed E-state index contributed by atoms with van der Waals surface area (Å²) in [6.07, 6.45) is 2.23. The van der Waals surface area contributed by atoms with Crippen LogP contribution in [0.25, 0.3) is 0 Å². The van der Waals surface area contributed by atoms with Crippen molar-refractivity contribution in [2.75, 3.05) is 33.3 Å². The number of halogens is 2. The van der Waals surface area contributed by atoms with Crippen LogP contribution in [-0.4, -0.2) is 43.3 Å². The minimum atomic E-state index is 0. The van der Waals surface area contributed by atoms with Crippen LogP contribution in [0.4, 0.5) is 0 Å². The van der Waals surface area contributed by atoms with Crippen molar-refractivity contribution < 1.29 is 9.84 Å². The van der Waals surface area contributed by atoms with E-state index in [2.05, 4.69) is 24.1 Å². The van der Waals surface area contributed by atoms with Crippen molar-refractivity contribution >= 4 is 24.8 Å². The molecule has 0 bridgehead atoms. The van der Waals surface area contributed by atoms with E-state index in [9.17, 15) is 5.11 Å². The summed E-state index contributed by atoms with van der Waals surface area (Å²) in [7, 11) is 1.60. The third kappa shape index (κ3) is 6.03. The Morgan fingerprint density at radius 1 is 1.17 bits per heavy atom. The van der Waals surface area contributed by atoms with Crippen molar-refractivity contribution in [3.05, 3.63) is 23.8 Å². The summed E-state index contributed by atoms with van der Waals surface area (Å²) in [6, 6.07) is 6.09. The number of hydrogen-bond acceptors (Lipinski definition) is 4. The van der Waals surface area contributed by atoms with Gasteiger partial charge in [0.2, 0.25) is 0 Å². The fraction of sp³-hybridized carbons (Fsp3) is 0.647. The van der Waals surface area contributed by atoms with Gasteiger partial charge in [-0.05, 0) is 24.8 Å². The Kier molecular flexibility index (Phi) is 10.7. The molecular weight excluding hydrogens is 335 g/mol. The highest BCUT2D eigenvalue weighted by Gasteiger charge is 2.25. The number of phenolic OH excluding ortho intramolecular Hbond substituents is 1. The normalized spacial score (nSPS) is 16.3. The highest BCUT2D eigenvalue weighted by Crippen LogP contribution is 2.38. The lowest BCUT2D eigenvalue weighted by molar-refractivity contribution is 0.157. The van der Waals surface area contributed by atoms with E-state index in [0.29, 0.717) is 17.4 Å². The van der Waals surface area contributed by atoms with Gasteiger partial charge in [0.1, 0.15) is 0 Å². The Morgan fingerprint density at radius 3 is 2.39 bits per heavy atom. The zero-order valence-corrected chi connectivity index (χ0v) is 15.9. The van der Waals surface area contributed by atoms with E-state index >= 15 is 0 Å². The van der Waals surface area contributed by atoms with Crippen molar-refractivity contribution in [3.63, 3.8) is 0 Å². The molecule has 0 aromatic heterocycles. The summed E-state index contributed by atoms with van der Waals surface area (Å²) in [5.74, 6) is 1.53. The van der Waals surface area contributed by atoms with E-state index < -0.39 is 0 Å². The van der Waals surface area contributed by atoms with Crippen molar-refractivity contribution in [2.45, 2.75) is 32.7 Å². The first kappa shape index (κ1) is 22.3. The maximum Gasteiger partial charge on any atom is 0.162 e. The second-order valence-corrected chi connectivity index (χ2v) is 6.17. The molecule has 1 saturated heterocycles. The number of nitrogens with zero attached hydrogens (tertiary/aromatic N) is 1. The fourth-order valence-electron chi connectivity index (χ4n) is 2.99. The molecule has 1 heterocycles. The van der Waals surface area contributed by atoms with Gasteiger partial charge in [0, 0.05) is 37.8 Å². The van der Waals surface area contributed by atoms with E-state index in [4.69, 9.17) is 4.74 Å². The van der Waals surface area contributed by atoms with Crippen LogP contribution < -0.4 is 10.1 Å². The van der Waals surface area contributed by atoms with Crippen molar-refractivity contribution in [3.8, 4) is 11.5 Å². The average molecular weight is 365 g/mol. The Labute approximate surface area is 152 Å². The third-order valence-corrected chi connectivity index (χ3v) is 4.22. The molecular formula is C17H30Cl2N2O2. The molecule has 1 aliphatic rings. The molecule has 1 aromatic carbocycles. The molecule has 4 nitrogen and oxygen atoms in total. The number of piperazine rings is 1. The summed E-state index contributed by atoms with van der Waals surface area (Å²) in [4.78, 5) is 2.48. The highest BCUT2D eigenvalue weighted by atomic mass is 35.5. The van der Waals surface area contributed by atoms with Gasteiger partial charge in [0.05, 0.1) is 7.11 Å². The van der Waals surface area contributed by atoms with Crippen LogP contribution >= 0.6 is 24.8 Å². The van der Waals surface area contributed by atoms with Gasteiger partial charge in [-0.25, -0.2) is 0 Å². The van der Waals surface area contributed by atoms with E-state index in [-0.39, 0.29) is 30.9 Å². The van der Waals surface area contributed by atoms with Gasteiger partial charge in [-0.1, -0.05) is 26.0 Å². The smallest absolute Gasteiger partial charge is 0.162 e. The van der Waals surface area contributed by atoms with E-state index in [1.807, 2.05) is 18.2 Å². The molecule has 2 N–H and O–H groups in total. The summed E-state index contributed by atoms with van der Waals surface area (Å²) >= 11 is 0. The quantitative estimate of drug-likeness (QED) is 0.808. The van der Waals surface area contributed by atoms with Crippen LogP contribution in [0.2, 0.25) is 0 Å². The molecule has 0 aliphatic carbocycles. The topological polar surface area (TPSA) is 44.7 Å². The number of hydrogen-bond donors (Lipinski definition) is 2. The first-order valence-corrected chi connectivity index (χ1v) is 7.94. The maximum atomic E-state index is 10.5. The molecule has 1 aliphatic heterocycles. The highest BCUT2D eigenvalue weighted by molar-refractivity contribution is 5.85. The number of benzene rings is 1. The standard InChI is InChI=1S/C17H28N2O2.2ClH/c1-13(2)7-8-15(19-11-9-18-10-12-19)14-5-4-6-16(21-3)17(14)20;;/h4-6,13,15,18,20H,7-12H2,1-3H3;2*1H/t15-;;/m0../s1. The zero-order chi connectivity index (χ0) is 15.2. The Hall–Kier alpha value is -0.680. The second-order valence-electron chi connectivity index (χ2n) is 6.17. The van der Waals surface area contributed by atoms with Gasteiger partial charge in [-0.15, -0.1) is 24.8 Å². The van der Waals surface area contributed by atoms with Gasteiger partial charge in [-0.3, -0.25) is 4.90 Å². The van der Waals surface area contributed by atoms with Crippen LogP contribution in [0.15, 0.2) is 18.2 Å². The first-order chi connectivity index (χ1) is 10.1. The number of aromatic hydroxyl groups is 1. The second kappa shape index (κ2) is 11.0. The summed E-state index contributed by atoms with van der Waals surface area (Å²) in [5, 5.41) is 13.9. The summed E-state index contributed by atoms with van der Waals surface area (Å²) in [5.41, 5.74) is 0.997. The Morgan fingerprint density at radius 2 is 1.83 bits per heavy atom. The first-order valence-electron chi connectivity index (χ1n) is 7.94. The molecule has 0 amide bonds. The molecule has 23 heavy (non-hydrogen) atoms. The third-order valence-electron chi connectivity index (χ3n) is 4.22. The number of ether oxygens (including phenoxy) is 1. The predicted molar refractivity (Wildman–Crippen MR) is 100 cm³/mol. The van der Waals surface area contributed by atoms with E-state index in [1.165, 1.54) is 0 Å². The van der Waals surface area contributed by atoms with Crippen LogP contribution in [-0.2, 0) is 0 Å².